The lowest BCUT2D eigenvalue weighted by Crippen LogP contribution is -2.30. The van der Waals surface area contributed by atoms with Crippen LogP contribution in [0.5, 0.6) is 5.75 Å². The Morgan fingerprint density at radius 3 is 2.81 bits per heavy atom. The predicted molar refractivity (Wildman–Crippen MR) is 122 cm³/mol. The molecule has 0 spiro atoms. The molecule has 1 unspecified atom stereocenters. The lowest BCUT2D eigenvalue weighted by molar-refractivity contribution is 0.165. The van der Waals surface area contributed by atoms with Crippen molar-refractivity contribution in [3.8, 4) is 33.0 Å². The second kappa shape index (κ2) is 9.37. The fraction of sp³-hybridized carbons (Fsp3) is 0.333. The minimum absolute atomic E-state index is 0.0113. The molecule has 1 aliphatic carbocycles. The average Bonchev–Trinajstić information content (AvgIpc) is 3.29. The van der Waals surface area contributed by atoms with Gasteiger partial charge in [-0.15, -0.1) is 10.2 Å². The van der Waals surface area contributed by atoms with Crippen molar-refractivity contribution in [3.63, 3.8) is 0 Å². The summed E-state index contributed by atoms with van der Waals surface area (Å²) in [5, 5.41) is 22.8. The van der Waals surface area contributed by atoms with E-state index in [9.17, 15) is 10.1 Å². The molecule has 0 saturated heterocycles. The number of benzene rings is 2. The number of nitrogens with one attached hydrogen (secondary N) is 1. The maximum absolute atomic E-state index is 11.8. The molecular weight excluding hydrogens is 424 g/mol. The number of carbonyl (C=O) groups excluding carboxylic acids is 1. The number of aromatic nitrogens is 2. The number of hydrogen-bond acceptors (Lipinski definition) is 7. The SMILES string of the molecule is COC(=O)NC1CCCc2c(-c3nnc(-c4ccc(OC(C)C)c(C#N)c4)s3)cccc21. The van der Waals surface area contributed by atoms with Crippen LogP contribution in [-0.4, -0.2) is 29.5 Å². The molecular formula is C24H24N4O3S. The molecule has 1 heterocycles. The number of carbonyl (C=O) groups is 1. The van der Waals surface area contributed by atoms with Gasteiger partial charge in [-0.2, -0.15) is 5.26 Å². The molecule has 1 atom stereocenters. The normalized spacial score (nSPS) is 15.0. The first-order chi connectivity index (χ1) is 15.5. The van der Waals surface area contributed by atoms with Crippen LogP contribution in [0, 0.1) is 11.3 Å². The van der Waals surface area contributed by atoms with Gasteiger partial charge in [0.25, 0.3) is 0 Å². The van der Waals surface area contributed by atoms with Crippen LogP contribution >= 0.6 is 11.3 Å². The molecule has 0 radical (unpaired) electrons. The van der Waals surface area contributed by atoms with Crippen molar-refractivity contribution in [2.24, 2.45) is 0 Å². The third-order valence-electron chi connectivity index (χ3n) is 5.35. The summed E-state index contributed by atoms with van der Waals surface area (Å²) in [6, 6.07) is 13.7. The zero-order chi connectivity index (χ0) is 22.7. The van der Waals surface area contributed by atoms with E-state index in [4.69, 9.17) is 9.47 Å². The highest BCUT2D eigenvalue weighted by atomic mass is 32.1. The van der Waals surface area contributed by atoms with Gasteiger partial charge in [0.2, 0.25) is 0 Å². The number of nitrogens with zero attached hydrogens (tertiary/aromatic N) is 3. The lowest BCUT2D eigenvalue weighted by Gasteiger charge is -2.27. The van der Waals surface area contributed by atoms with Gasteiger partial charge in [-0.1, -0.05) is 29.5 Å². The summed E-state index contributed by atoms with van der Waals surface area (Å²) in [4.78, 5) is 11.8. The van der Waals surface area contributed by atoms with E-state index in [1.165, 1.54) is 24.0 Å². The van der Waals surface area contributed by atoms with E-state index in [-0.39, 0.29) is 12.1 Å². The monoisotopic (exact) mass is 448 g/mol. The molecule has 4 rings (SSSR count). The molecule has 1 N–H and O–H groups in total. The predicted octanol–water partition coefficient (Wildman–Crippen LogP) is 5.26. The topological polar surface area (TPSA) is 97.1 Å². The number of fused-ring (bicyclic) bond motifs is 1. The molecule has 0 bridgehead atoms. The zero-order valence-corrected chi connectivity index (χ0v) is 19.0. The molecule has 0 fully saturated rings. The van der Waals surface area contributed by atoms with Crippen LogP contribution in [0.25, 0.3) is 21.1 Å². The van der Waals surface area contributed by atoms with Crippen LogP contribution in [0.2, 0.25) is 0 Å². The smallest absolute Gasteiger partial charge is 0.407 e. The first kappa shape index (κ1) is 21.8. The highest BCUT2D eigenvalue weighted by molar-refractivity contribution is 7.17. The summed E-state index contributed by atoms with van der Waals surface area (Å²) in [6.45, 7) is 3.86. The number of nitriles is 1. The Balaban J connectivity index is 1.66. The summed E-state index contributed by atoms with van der Waals surface area (Å²) in [6.07, 6.45) is 2.31. The molecule has 1 aliphatic rings. The first-order valence-electron chi connectivity index (χ1n) is 10.5. The number of ether oxygens (including phenoxy) is 2. The van der Waals surface area contributed by atoms with Crippen molar-refractivity contribution in [3.05, 3.63) is 53.1 Å². The first-order valence-corrected chi connectivity index (χ1v) is 11.3. The second-order valence-electron chi connectivity index (χ2n) is 7.86. The van der Waals surface area contributed by atoms with E-state index in [0.29, 0.717) is 11.3 Å². The van der Waals surface area contributed by atoms with E-state index in [1.54, 1.807) is 6.07 Å². The molecule has 8 heteroatoms. The molecule has 7 nitrogen and oxygen atoms in total. The third kappa shape index (κ3) is 4.43. The summed E-state index contributed by atoms with van der Waals surface area (Å²) in [5.41, 5.74) is 4.61. The average molecular weight is 449 g/mol. The highest BCUT2D eigenvalue weighted by Gasteiger charge is 2.25. The van der Waals surface area contributed by atoms with E-state index in [0.717, 1.165) is 46.0 Å². The van der Waals surface area contributed by atoms with Gasteiger partial charge in [0.05, 0.1) is 24.8 Å². The van der Waals surface area contributed by atoms with Gasteiger partial charge in [0, 0.05) is 11.1 Å². The quantitative estimate of drug-likeness (QED) is 0.571. The summed E-state index contributed by atoms with van der Waals surface area (Å²) < 4.78 is 10.5. The maximum atomic E-state index is 11.8. The number of hydrogen-bond donors (Lipinski definition) is 1. The van der Waals surface area contributed by atoms with Gasteiger partial charge in [-0.05, 0) is 62.4 Å². The highest BCUT2D eigenvalue weighted by Crippen LogP contribution is 2.39. The number of methoxy groups -OCH3 is 1. The van der Waals surface area contributed by atoms with Crippen molar-refractivity contribution in [1.82, 2.24) is 15.5 Å². The van der Waals surface area contributed by atoms with Crippen LogP contribution in [0.4, 0.5) is 4.79 Å². The molecule has 0 saturated carbocycles. The van der Waals surface area contributed by atoms with Gasteiger partial charge < -0.3 is 14.8 Å². The van der Waals surface area contributed by atoms with E-state index in [2.05, 4.69) is 21.6 Å². The Morgan fingerprint density at radius 1 is 1.25 bits per heavy atom. The van der Waals surface area contributed by atoms with Gasteiger partial charge in [-0.25, -0.2) is 4.79 Å². The van der Waals surface area contributed by atoms with Crippen LogP contribution in [0.3, 0.4) is 0 Å². The largest absolute Gasteiger partial charge is 0.490 e. The summed E-state index contributed by atoms with van der Waals surface area (Å²) in [5.74, 6) is 0.567. The number of alkyl carbamates (subject to hydrolysis) is 1. The fourth-order valence-corrected chi connectivity index (χ4v) is 4.85. The van der Waals surface area contributed by atoms with Crippen molar-refractivity contribution < 1.29 is 14.3 Å². The minimum atomic E-state index is -0.426. The van der Waals surface area contributed by atoms with Crippen molar-refractivity contribution in [2.45, 2.75) is 45.3 Å². The molecule has 1 amide bonds. The molecule has 164 valence electrons. The van der Waals surface area contributed by atoms with Gasteiger partial charge in [0.1, 0.15) is 21.8 Å². The van der Waals surface area contributed by atoms with Crippen LogP contribution in [0.1, 0.15) is 49.4 Å². The minimum Gasteiger partial charge on any atom is -0.490 e. The Kier molecular flexibility index (Phi) is 6.37. The second-order valence-corrected chi connectivity index (χ2v) is 8.83. The van der Waals surface area contributed by atoms with Gasteiger partial charge in [0.15, 0.2) is 0 Å². The van der Waals surface area contributed by atoms with Gasteiger partial charge >= 0.3 is 6.09 Å². The standard InChI is InChI=1S/C24H24N4O3S/c1-14(2)31-21-11-10-15(12-16(21)13-25)22-27-28-23(32-22)19-8-4-7-18-17(19)6-5-9-20(18)26-24(29)30-3/h4,7-8,10-12,14,20H,5-6,9H2,1-3H3,(H,26,29). The van der Waals surface area contributed by atoms with Crippen molar-refractivity contribution in [1.29, 1.82) is 5.26 Å². The lowest BCUT2D eigenvalue weighted by atomic mass is 9.85. The Hall–Kier alpha value is -3.44. The number of amides is 1. The van der Waals surface area contributed by atoms with E-state index < -0.39 is 6.09 Å². The van der Waals surface area contributed by atoms with Gasteiger partial charge in [-0.3, -0.25) is 0 Å². The maximum Gasteiger partial charge on any atom is 0.407 e. The molecule has 3 aromatic rings. The van der Waals surface area contributed by atoms with Crippen LogP contribution in [0.15, 0.2) is 36.4 Å². The molecule has 2 aromatic carbocycles. The van der Waals surface area contributed by atoms with E-state index in [1.807, 2.05) is 44.2 Å². The van der Waals surface area contributed by atoms with Crippen LogP contribution in [-0.2, 0) is 11.2 Å². The van der Waals surface area contributed by atoms with Crippen molar-refractivity contribution >= 4 is 17.4 Å². The summed E-state index contributed by atoms with van der Waals surface area (Å²) >= 11 is 1.49. The fourth-order valence-electron chi connectivity index (χ4n) is 3.96. The zero-order valence-electron chi connectivity index (χ0n) is 18.2. The van der Waals surface area contributed by atoms with E-state index >= 15 is 0 Å². The molecule has 0 aliphatic heterocycles. The molecule has 32 heavy (non-hydrogen) atoms. The third-order valence-corrected chi connectivity index (χ3v) is 6.36. The van der Waals surface area contributed by atoms with Crippen molar-refractivity contribution in [2.75, 3.05) is 7.11 Å². The van der Waals surface area contributed by atoms with Crippen LogP contribution < -0.4 is 10.1 Å². The molecule has 1 aromatic heterocycles. The Morgan fingerprint density at radius 2 is 2.06 bits per heavy atom. The summed E-state index contributed by atoms with van der Waals surface area (Å²) in [7, 11) is 1.37. The number of rotatable bonds is 5. The Labute approximate surface area is 191 Å². The Bertz CT molecular complexity index is 1180.